The molecule has 108 valence electrons. The number of carbonyl (C=O) groups excluding carboxylic acids is 1. The number of fused-ring (bicyclic) bond motifs is 1. The highest BCUT2D eigenvalue weighted by Gasteiger charge is 2.25. The van der Waals surface area contributed by atoms with Crippen LogP contribution in [0, 0.1) is 5.92 Å². The van der Waals surface area contributed by atoms with Gasteiger partial charge in [-0.1, -0.05) is 0 Å². The summed E-state index contributed by atoms with van der Waals surface area (Å²) in [7, 11) is 1.59. The molecule has 0 saturated carbocycles. The van der Waals surface area contributed by atoms with E-state index >= 15 is 0 Å². The quantitative estimate of drug-likeness (QED) is 0.918. The maximum Gasteiger partial charge on any atom is 0.303 e. The summed E-state index contributed by atoms with van der Waals surface area (Å²) in [5, 5.41) is 8.98. The van der Waals surface area contributed by atoms with Crippen LogP contribution in [0.25, 0.3) is 0 Å². The van der Waals surface area contributed by atoms with Crippen LogP contribution < -0.4 is 9.64 Å². The number of aliphatic carboxylic acids is 1. The fraction of sp³-hybridized carbons (Fsp3) is 0.467. The van der Waals surface area contributed by atoms with Crippen molar-refractivity contribution in [3.63, 3.8) is 0 Å². The van der Waals surface area contributed by atoms with Gasteiger partial charge in [0.1, 0.15) is 5.75 Å². The van der Waals surface area contributed by atoms with E-state index in [9.17, 15) is 9.59 Å². The molecule has 1 heterocycles. The van der Waals surface area contributed by atoms with Gasteiger partial charge in [0.2, 0.25) is 5.91 Å². The summed E-state index contributed by atoms with van der Waals surface area (Å²) in [6, 6.07) is 5.59. The lowest BCUT2D eigenvalue weighted by atomic mass is 9.94. The van der Waals surface area contributed by atoms with Crippen molar-refractivity contribution in [2.24, 2.45) is 5.92 Å². The van der Waals surface area contributed by atoms with E-state index in [-0.39, 0.29) is 18.2 Å². The molecular weight excluding hydrogens is 258 g/mol. The van der Waals surface area contributed by atoms with Gasteiger partial charge in [-0.15, -0.1) is 0 Å². The van der Waals surface area contributed by atoms with E-state index in [1.807, 2.05) is 18.2 Å². The fourth-order valence-corrected chi connectivity index (χ4v) is 2.71. The minimum Gasteiger partial charge on any atom is -0.497 e. The number of rotatable bonds is 3. The average molecular weight is 277 g/mol. The van der Waals surface area contributed by atoms with Crippen LogP contribution in [0.1, 0.15) is 25.3 Å². The van der Waals surface area contributed by atoms with Gasteiger partial charge in [0.05, 0.1) is 7.11 Å². The van der Waals surface area contributed by atoms with Crippen LogP contribution in [0.3, 0.4) is 0 Å². The summed E-state index contributed by atoms with van der Waals surface area (Å²) in [4.78, 5) is 24.4. The molecule has 1 aliphatic rings. The summed E-state index contributed by atoms with van der Waals surface area (Å²) in [5.41, 5.74) is 1.84. The van der Waals surface area contributed by atoms with Gasteiger partial charge in [-0.2, -0.15) is 0 Å². The van der Waals surface area contributed by atoms with E-state index in [1.54, 1.807) is 12.0 Å². The highest BCUT2D eigenvalue weighted by molar-refractivity contribution is 5.92. The minimum absolute atomic E-state index is 0.0209. The summed E-state index contributed by atoms with van der Waals surface area (Å²) in [5.74, 6) is -0.0472. The third-order valence-corrected chi connectivity index (χ3v) is 3.69. The van der Waals surface area contributed by atoms with Gasteiger partial charge in [-0.25, -0.2) is 0 Å². The second-order valence-electron chi connectivity index (χ2n) is 5.12. The van der Waals surface area contributed by atoms with Crippen molar-refractivity contribution >= 4 is 17.6 Å². The SMILES string of the molecule is COc1ccc2c(c1)CC(CC(=O)O)CCN2C(C)=O. The number of anilines is 1. The first-order valence-electron chi connectivity index (χ1n) is 6.68. The van der Waals surface area contributed by atoms with Crippen LogP contribution in [-0.2, 0) is 16.0 Å². The van der Waals surface area contributed by atoms with Gasteiger partial charge in [0.25, 0.3) is 0 Å². The van der Waals surface area contributed by atoms with Crippen LogP contribution in [0.5, 0.6) is 5.75 Å². The molecule has 0 spiro atoms. The fourth-order valence-electron chi connectivity index (χ4n) is 2.71. The van der Waals surface area contributed by atoms with Gasteiger partial charge >= 0.3 is 5.97 Å². The van der Waals surface area contributed by atoms with Crippen LogP contribution in [0.2, 0.25) is 0 Å². The molecule has 1 aromatic carbocycles. The van der Waals surface area contributed by atoms with E-state index in [2.05, 4.69) is 0 Å². The number of amides is 1. The normalized spacial score (nSPS) is 18.1. The largest absolute Gasteiger partial charge is 0.497 e. The van der Waals surface area contributed by atoms with E-state index in [0.29, 0.717) is 19.4 Å². The van der Waals surface area contributed by atoms with Crippen LogP contribution in [0.4, 0.5) is 5.69 Å². The number of benzene rings is 1. The van der Waals surface area contributed by atoms with Crippen molar-refractivity contribution in [3.05, 3.63) is 23.8 Å². The molecule has 1 aliphatic heterocycles. The van der Waals surface area contributed by atoms with Crippen LogP contribution in [0.15, 0.2) is 18.2 Å². The summed E-state index contributed by atoms with van der Waals surface area (Å²) >= 11 is 0. The standard InChI is InChI=1S/C15H19NO4/c1-10(17)16-6-5-11(8-15(18)19)7-12-9-13(20-2)3-4-14(12)16/h3-4,9,11H,5-8H2,1-2H3,(H,18,19). The Morgan fingerprint density at radius 1 is 1.45 bits per heavy atom. The molecule has 1 unspecified atom stereocenters. The maximum atomic E-state index is 11.8. The predicted molar refractivity (Wildman–Crippen MR) is 75.1 cm³/mol. The van der Waals surface area contributed by atoms with E-state index in [0.717, 1.165) is 17.0 Å². The van der Waals surface area contributed by atoms with E-state index < -0.39 is 5.97 Å². The van der Waals surface area contributed by atoms with Crippen molar-refractivity contribution in [2.75, 3.05) is 18.6 Å². The Balaban J connectivity index is 2.36. The zero-order valence-corrected chi connectivity index (χ0v) is 11.8. The number of hydrogen-bond acceptors (Lipinski definition) is 3. The smallest absolute Gasteiger partial charge is 0.303 e. The Morgan fingerprint density at radius 2 is 2.20 bits per heavy atom. The average Bonchev–Trinajstić information content (AvgIpc) is 2.55. The second-order valence-corrected chi connectivity index (χ2v) is 5.12. The van der Waals surface area contributed by atoms with Crippen LogP contribution >= 0.6 is 0 Å². The third-order valence-electron chi connectivity index (χ3n) is 3.69. The molecule has 1 aromatic rings. The van der Waals surface area contributed by atoms with Gasteiger partial charge in [0.15, 0.2) is 0 Å². The van der Waals surface area contributed by atoms with E-state index in [4.69, 9.17) is 9.84 Å². The van der Waals surface area contributed by atoms with Crippen molar-refractivity contribution in [2.45, 2.75) is 26.2 Å². The molecule has 5 heteroatoms. The summed E-state index contributed by atoms with van der Waals surface area (Å²) in [6.07, 6.45) is 1.48. The Hall–Kier alpha value is -2.04. The highest BCUT2D eigenvalue weighted by Crippen LogP contribution is 2.33. The molecular formula is C15H19NO4. The lowest BCUT2D eigenvalue weighted by Crippen LogP contribution is -2.29. The Bertz CT molecular complexity index is 527. The molecule has 0 bridgehead atoms. The minimum atomic E-state index is -0.796. The Kier molecular flexibility index (Phi) is 4.27. The van der Waals surface area contributed by atoms with Crippen molar-refractivity contribution in [3.8, 4) is 5.75 Å². The number of ether oxygens (including phenoxy) is 1. The van der Waals surface area contributed by atoms with Gasteiger partial charge in [-0.3, -0.25) is 9.59 Å². The molecule has 0 fully saturated rings. The Labute approximate surface area is 118 Å². The molecule has 0 radical (unpaired) electrons. The predicted octanol–water partition coefficient (Wildman–Crippen LogP) is 2.09. The van der Waals surface area contributed by atoms with Gasteiger partial charge in [-0.05, 0) is 42.5 Å². The van der Waals surface area contributed by atoms with Crippen LogP contribution in [-0.4, -0.2) is 30.6 Å². The topological polar surface area (TPSA) is 66.8 Å². The molecule has 0 aliphatic carbocycles. The second kappa shape index (κ2) is 5.94. The first kappa shape index (κ1) is 14.4. The molecule has 20 heavy (non-hydrogen) atoms. The first-order valence-corrected chi connectivity index (χ1v) is 6.68. The van der Waals surface area contributed by atoms with E-state index in [1.165, 1.54) is 6.92 Å². The number of carboxylic acid groups (broad SMARTS) is 1. The molecule has 5 nitrogen and oxygen atoms in total. The Morgan fingerprint density at radius 3 is 2.80 bits per heavy atom. The van der Waals surface area contributed by atoms with Gasteiger partial charge < -0.3 is 14.7 Å². The number of methoxy groups -OCH3 is 1. The molecule has 1 atom stereocenters. The monoisotopic (exact) mass is 277 g/mol. The van der Waals surface area contributed by atoms with Crippen molar-refractivity contribution in [1.82, 2.24) is 0 Å². The third kappa shape index (κ3) is 3.10. The molecule has 1 N–H and O–H groups in total. The first-order chi connectivity index (χ1) is 9.51. The molecule has 2 rings (SSSR count). The summed E-state index contributed by atoms with van der Waals surface area (Å²) < 4.78 is 5.21. The number of carboxylic acids is 1. The zero-order chi connectivity index (χ0) is 14.7. The zero-order valence-electron chi connectivity index (χ0n) is 11.8. The van der Waals surface area contributed by atoms with Crippen molar-refractivity contribution < 1.29 is 19.4 Å². The lowest BCUT2D eigenvalue weighted by molar-refractivity contribution is -0.138. The van der Waals surface area contributed by atoms with Crippen molar-refractivity contribution in [1.29, 1.82) is 0 Å². The van der Waals surface area contributed by atoms with Gasteiger partial charge in [0, 0.05) is 25.6 Å². The molecule has 0 aromatic heterocycles. The number of nitrogens with zero attached hydrogens (tertiary/aromatic N) is 1. The number of hydrogen-bond donors (Lipinski definition) is 1. The lowest BCUT2D eigenvalue weighted by Gasteiger charge is -2.21. The highest BCUT2D eigenvalue weighted by atomic mass is 16.5. The number of carbonyl (C=O) groups is 2. The maximum absolute atomic E-state index is 11.8. The molecule has 1 amide bonds. The molecule has 0 saturated heterocycles. The summed E-state index contributed by atoms with van der Waals surface area (Å²) in [6.45, 7) is 2.10.